The summed E-state index contributed by atoms with van der Waals surface area (Å²) in [4.78, 5) is 8.97. The van der Waals surface area contributed by atoms with Crippen molar-refractivity contribution in [2.45, 2.75) is 39.5 Å². The van der Waals surface area contributed by atoms with E-state index in [1.165, 1.54) is 5.56 Å². The van der Waals surface area contributed by atoms with Crippen LogP contribution in [0.1, 0.15) is 50.7 Å². The molecule has 0 fully saturated rings. The van der Waals surface area contributed by atoms with Gasteiger partial charge < -0.3 is 9.78 Å². The summed E-state index contributed by atoms with van der Waals surface area (Å²) in [7, 11) is 0. The lowest BCUT2D eigenvalue weighted by molar-refractivity contribution is -0.164. The monoisotopic (exact) mass is 302 g/mol. The molecule has 0 aliphatic rings. The van der Waals surface area contributed by atoms with Crippen molar-refractivity contribution in [3.05, 3.63) is 47.5 Å². The average Bonchev–Trinajstić information content (AvgIpc) is 2.53. The molecule has 0 aliphatic heterocycles. The molecule has 0 saturated heterocycles. The molecule has 4 heteroatoms. The van der Waals surface area contributed by atoms with E-state index in [0.717, 1.165) is 11.1 Å². The van der Waals surface area contributed by atoms with E-state index in [1.807, 2.05) is 50.2 Å². The molecule has 0 amide bonds. The van der Waals surface area contributed by atoms with Gasteiger partial charge in [0.1, 0.15) is 0 Å². The molecule has 118 valence electrons. The van der Waals surface area contributed by atoms with Gasteiger partial charge in [0.15, 0.2) is 0 Å². The highest BCUT2D eigenvalue weighted by Gasteiger charge is 2.20. The van der Waals surface area contributed by atoms with Crippen LogP contribution in [0.3, 0.4) is 0 Å². The van der Waals surface area contributed by atoms with Crippen LogP contribution in [0.4, 0.5) is 0 Å². The van der Waals surface area contributed by atoms with E-state index in [0.29, 0.717) is 11.5 Å². The summed E-state index contributed by atoms with van der Waals surface area (Å²) in [5.74, 6) is 0.824. The Kier molecular flexibility index (Phi) is 5.06. The molecule has 0 atom stereocenters. The van der Waals surface area contributed by atoms with Gasteiger partial charge in [-0.1, -0.05) is 58.0 Å². The van der Waals surface area contributed by atoms with Crippen molar-refractivity contribution in [2.75, 3.05) is 0 Å². The smallest absolute Gasteiger partial charge is 0.219 e. The largest absolute Gasteiger partial charge is 0.336 e. The lowest BCUT2D eigenvalue weighted by Crippen LogP contribution is -2.00. The van der Waals surface area contributed by atoms with E-state index in [9.17, 15) is 10.5 Å². The van der Waals surface area contributed by atoms with E-state index in [4.69, 9.17) is 0 Å². The molecule has 0 saturated carbocycles. The molecule has 22 heavy (non-hydrogen) atoms. The first-order chi connectivity index (χ1) is 10.5. The summed E-state index contributed by atoms with van der Waals surface area (Å²) >= 11 is 0. The van der Waals surface area contributed by atoms with Gasteiger partial charge in [0.25, 0.3) is 0 Å². The molecule has 0 heterocycles. The SMILES string of the molecule is CC(C)c1ccc(-c2ccc(C(C)C)c(OO)c2OO)cc1. The van der Waals surface area contributed by atoms with Gasteiger partial charge in [-0.2, -0.15) is 0 Å². The van der Waals surface area contributed by atoms with Crippen LogP contribution in [-0.2, 0) is 0 Å². The minimum atomic E-state index is 0.117. The van der Waals surface area contributed by atoms with Gasteiger partial charge in [0.2, 0.25) is 11.5 Å². The summed E-state index contributed by atoms with van der Waals surface area (Å²) in [5, 5.41) is 18.4. The first kappa shape index (κ1) is 16.3. The quantitative estimate of drug-likeness (QED) is 0.581. The molecule has 2 aromatic carbocycles. The van der Waals surface area contributed by atoms with Gasteiger partial charge in [-0.15, -0.1) is 0 Å². The van der Waals surface area contributed by atoms with Crippen molar-refractivity contribution in [1.29, 1.82) is 0 Å². The molecule has 0 unspecified atom stereocenters. The van der Waals surface area contributed by atoms with Gasteiger partial charge >= 0.3 is 0 Å². The third kappa shape index (κ3) is 3.08. The second-order valence-corrected chi connectivity index (χ2v) is 5.97. The van der Waals surface area contributed by atoms with Crippen LogP contribution in [0.5, 0.6) is 11.5 Å². The standard InChI is InChI=1S/C18H22O4/c1-11(2)13-5-7-14(8-6-13)16-10-9-15(12(3)4)17(21-19)18(16)22-20/h5-12,19-20H,1-4H3. The maximum atomic E-state index is 9.25. The van der Waals surface area contributed by atoms with E-state index >= 15 is 0 Å². The predicted molar refractivity (Wildman–Crippen MR) is 86.6 cm³/mol. The molecule has 0 aromatic heterocycles. The minimum absolute atomic E-state index is 0.117. The van der Waals surface area contributed by atoms with Crippen LogP contribution < -0.4 is 9.78 Å². The van der Waals surface area contributed by atoms with Gasteiger partial charge in [-0.05, 0) is 29.0 Å². The zero-order valence-electron chi connectivity index (χ0n) is 13.3. The zero-order valence-corrected chi connectivity index (χ0v) is 13.3. The Labute approximate surface area is 130 Å². The first-order valence-electron chi connectivity index (χ1n) is 7.39. The van der Waals surface area contributed by atoms with Crippen LogP contribution in [0.15, 0.2) is 36.4 Å². The summed E-state index contributed by atoms with van der Waals surface area (Å²) < 4.78 is 0. The molecule has 0 spiro atoms. The molecule has 2 N–H and O–H groups in total. The van der Waals surface area contributed by atoms with Crippen molar-refractivity contribution < 1.29 is 20.3 Å². The number of rotatable bonds is 5. The molecular formula is C18H22O4. The second kappa shape index (κ2) is 6.81. The molecule has 0 aliphatic carbocycles. The fourth-order valence-electron chi connectivity index (χ4n) is 2.49. The molecule has 2 rings (SSSR count). The predicted octanol–water partition coefficient (Wildman–Crippen LogP) is 5.30. The van der Waals surface area contributed by atoms with Crippen LogP contribution in [0.25, 0.3) is 11.1 Å². The highest BCUT2D eigenvalue weighted by Crippen LogP contribution is 2.42. The molecule has 0 bridgehead atoms. The number of benzene rings is 2. The van der Waals surface area contributed by atoms with Gasteiger partial charge in [-0.3, -0.25) is 0 Å². The first-order valence-corrected chi connectivity index (χ1v) is 7.39. The maximum Gasteiger partial charge on any atom is 0.219 e. The van der Waals surface area contributed by atoms with Gasteiger partial charge in [-0.25, -0.2) is 10.5 Å². The lowest BCUT2D eigenvalue weighted by Gasteiger charge is -2.16. The Morgan fingerprint density at radius 1 is 0.727 bits per heavy atom. The van der Waals surface area contributed by atoms with Crippen LogP contribution >= 0.6 is 0 Å². The third-order valence-corrected chi connectivity index (χ3v) is 3.84. The molecule has 4 nitrogen and oxygen atoms in total. The van der Waals surface area contributed by atoms with Crippen LogP contribution in [-0.4, -0.2) is 10.5 Å². The van der Waals surface area contributed by atoms with Crippen LogP contribution in [0, 0.1) is 0 Å². The van der Waals surface area contributed by atoms with Crippen molar-refractivity contribution in [2.24, 2.45) is 0 Å². The highest BCUT2D eigenvalue weighted by molar-refractivity contribution is 5.75. The highest BCUT2D eigenvalue weighted by atomic mass is 17.1. The van der Waals surface area contributed by atoms with Crippen LogP contribution in [0.2, 0.25) is 0 Å². The Morgan fingerprint density at radius 3 is 1.77 bits per heavy atom. The Bertz CT molecular complexity index is 630. The fraction of sp³-hybridized carbons (Fsp3) is 0.333. The van der Waals surface area contributed by atoms with E-state index in [-0.39, 0.29) is 17.4 Å². The zero-order chi connectivity index (χ0) is 16.3. The third-order valence-electron chi connectivity index (χ3n) is 3.84. The van der Waals surface area contributed by atoms with Crippen molar-refractivity contribution in [1.82, 2.24) is 0 Å². The van der Waals surface area contributed by atoms with Gasteiger partial charge in [0.05, 0.1) is 0 Å². The fourth-order valence-corrected chi connectivity index (χ4v) is 2.49. The lowest BCUT2D eigenvalue weighted by atomic mass is 9.94. The summed E-state index contributed by atoms with van der Waals surface area (Å²) in [6, 6.07) is 11.7. The van der Waals surface area contributed by atoms with Crippen molar-refractivity contribution in [3.63, 3.8) is 0 Å². The Balaban J connectivity index is 2.55. The Hall–Kier alpha value is -2.04. The molecule has 2 aromatic rings. The normalized spacial score (nSPS) is 11.1. The minimum Gasteiger partial charge on any atom is -0.336 e. The number of hydrogen-bond donors (Lipinski definition) is 2. The topological polar surface area (TPSA) is 58.9 Å². The average molecular weight is 302 g/mol. The van der Waals surface area contributed by atoms with E-state index < -0.39 is 0 Å². The summed E-state index contributed by atoms with van der Waals surface area (Å²) in [5.41, 5.74) is 3.52. The van der Waals surface area contributed by atoms with E-state index in [2.05, 4.69) is 23.6 Å². The molecular weight excluding hydrogens is 280 g/mol. The summed E-state index contributed by atoms with van der Waals surface area (Å²) in [6.45, 7) is 8.20. The van der Waals surface area contributed by atoms with Crippen molar-refractivity contribution in [3.8, 4) is 22.6 Å². The van der Waals surface area contributed by atoms with Crippen molar-refractivity contribution >= 4 is 0 Å². The molecule has 0 radical (unpaired) electrons. The summed E-state index contributed by atoms with van der Waals surface area (Å²) in [6.07, 6.45) is 0. The number of hydrogen-bond acceptors (Lipinski definition) is 4. The Morgan fingerprint density at radius 2 is 1.32 bits per heavy atom. The second-order valence-electron chi connectivity index (χ2n) is 5.97. The van der Waals surface area contributed by atoms with E-state index in [1.54, 1.807) is 0 Å². The maximum absolute atomic E-state index is 9.25. The van der Waals surface area contributed by atoms with Gasteiger partial charge in [0, 0.05) is 11.1 Å².